The fourth-order valence-electron chi connectivity index (χ4n) is 3.55. The van der Waals surface area contributed by atoms with Gasteiger partial charge in [0.15, 0.2) is 0 Å². The van der Waals surface area contributed by atoms with Crippen LogP contribution >= 0.6 is 22.6 Å². The monoisotopic (exact) mass is 530 g/mol. The first kappa shape index (κ1) is 21.1. The zero-order chi connectivity index (χ0) is 21.6. The van der Waals surface area contributed by atoms with Crippen molar-refractivity contribution in [3.8, 4) is 0 Å². The third-order valence-electron chi connectivity index (χ3n) is 5.07. The summed E-state index contributed by atoms with van der Waals surface area (Å²) in [4.78, 5) is 20.2. The molecule has 2 aromatic carbocycles. The molecule has 158 valence electrons. The molecule has 0 unspecified atom stereocenters. The summed E-state index contributed by atoms with van der Waals surface area (Å²) in [6.07, 6.45) is -3.82. The molecule has 0 aromatic heterocycles. The molecule has 0 saturated carbocycles. The van der Waals surface area contributed by atoms with Gasteiger partial charge in [-0.25, -0.2) is 0 Å². The maximum Gasteiger partial charge on any atom is 0.416 e. The van der Waals surface area contributed by atoms with Crippen LogP contribution in [-0.4, -0.2) is 42.5 Å². The number of amidine groups is 1. The van der Waals surface area contributed by atoms with E-state index in [0.717, 1.165) is 51.5 Å². The molecular weight excluding hydrogens is 512 g/mol. The standard InChI is InChI=1S/C20H18F3IN4O2/c1-27-6-5-14-11(10-27)7-13(24)9-17(14)25-19(29)16-8-12(20(21,22)23)3-4-15(16)18-26-28(18)30-2/h3-4,7-9H,5-6,10H2,1-2H3,(H,25,29). The van der Waals surface area contributed by atoms with Gasteiger partial charge in [0.05, 0.1) is 18.2 Å². The highest BCUT2D eigenvalue weighted by atomic mass is 127. The van der Waals surface area contributed by atoms with Crippen LogP contribution in [0, 0.1) is 3.57 Å². The third-order valence-corrected chi connectivity index (χ3v) is 5.69. The maximum atomic E-state index is 13.3. The van der Waals surface area contributed by atoms with Gasteiger partial charge >= 0.3 is 6.18 Å². The van der Waals surface area contributed by atoms with E-state index in [1.807, 2.05) is 13.1 Å². The number of nitrogens with one attached hydrogen (secondary N) is 1. The predicted octanol–water partition coefficient (Wildman–Crippen LogP) is 4.09. The maximum absolute atomic E-state index is 13.3. The Morgan fingerprint density at radius 3 is 2.70 bits per heavy atom. The molecule has 6 nitrogen and oxygen atoms in total. The van der Waals surface area contributed by atoms with Gasteiger partial charge in [0, 0.05) is 27.9 Å². The number of alkyl halides is 3. The molecule has 4 rings (SSSR count). The molecule has 2 aliphatic heterocycles. The molecule has 0 atom stereocenters. The summed E-state index contributed by atoms with van der Waals surface area (Å²) in [7, 11) is 3.41. The highest BCUT2D eigenvalue weighted by molar-refractivity contribution is 14.1. The van der Waals surface area contributed by atoms with Crippen LogP contribution in [0.15, 0.2) is 35.4 Å². The van der Waals surface area contributed by atoms with Gasteiger partial charge in [-0.3, -0.25) is 9.63 Å². The lowest BCUT2D eigenvalue weighted by molar-refractivity contribution is -0.137. The zero-order valence-corrected chi connectivity index (χ0v) is 18.3. The third kappa shape index (κ3) is 4.16. The van der Waals surface area contributed by atoms with Crippen molar-refractivity contribution in [2.75, 3.05) is 26.0 Å². The number of amides is 1. The Morgan fingerprint density at radius 2 is 2.03 bits per heavy atom. The zero-order valence-electron chi connectivity index (χ0n) is 16.2. The van der Waals surface area contributed by atoms with Crippen molar-refractivity contribution in [1.82, 2.24) is 10.1 Å². The second-order valence-corrected chi connectivity index (χ2v) is 8.42. The SMILES string of the molecule is CON1N=C1c1ccc(C(F)(F)F)cc1C(=O)Nc1cc(I)cc2c1CCN(C)C2. The first-order valence-corrected chi connectivity index (χ1v) is 10.2. The van der Waals surface area contributed by atoms with Crippen molar-refractivity contribution in [2.24, 2.45) is 5.10 Å². The first-order chi connectivity index (χ1) is 14.2. The number of carbonyl (C=O) groups excluding carboxylic acids is 1. The summed E-state index contributed by atoms with van der Waals surface area (Å²) in [5.41, 5.74) is 2.02. The number of nitrogens with zero attached hydrogens (tertiary/aromatic N) is 3. The molecule has 0 saturated heterocycles. The van der Waals surface area contributed by atoms with Gasteiger partial charge in [0.25, 0.3) is 5.91 Å². The molecule has 2 heterocycles. The van der Waals surface area contributed by atoms with Crippen molar-refractivity contribution >= 4 is 40.0 Å². The number of hydrogen-bond acceptors (Lipinski definition) is 5. The minimum Gasteiger partial charge on any atom is -0.322 e. The van der Waals surface area contributed by atoms with Gasteiger partial charge in [0.1, 0.15) is 0 Å². The molecular formula is C20H18F3IN4O2. The van der Waals surface area contributed by atoms with Gasteiger partial charge < -0.3 is 10.2 Å². The van der Waals surface area contributed by atoms with Crippen molar-refractivity contribution in [1.29, 1.82) is 0 Å². The van der Waals surface area contributed by atoms with Crippen molar-refractivity contribution in [3.05, 3.63) is 61.7 Å². The Labute approximate surface area is 184 Å². The molecule has 0 fully saturated rings. The van der Waals surface area contributed by atoms with Gasteiger partial charge in [-0.2, -0.15) is 13.2 Å². The normalized spacial score (nSPS) is 16.2. The van der Waals surface area contributed by atoms with Gasteiger partial charge in [0.2, 0.25) is 5.84 Å². The smallest absolute Gasteiger partial charge is 0.322 e. The Hall–Kier alpha value is -2.18. The number of likely N-dealkylation sites (N-methyl/N-ethyl adjacent to an activating group) is 1. The Morgan fingerprint density at radius 1 is 1.27 bits per heavy atom. The number of hydroxylamine groups is 1. The van der Waals surface area contributed by atoms with Crippen LogP contribution in [0.4, 0.5) is 18.9 Å². The van der Waals surface area contributed by atoms with Crippen LogP contribution < -0.4 is 5.32 Å². The average molecular weight is 530 g/mol. The summed E-state index contributed by atoms with van der Waals surface area (Å²) < 4.78 is 40.7. The lowest BCUT2D eigenvalue weighted by Crippen LogP contribution is -2.28. The number of hydrogen-bond donors (Lipinski definition) is 1. The van der Waals surface area contributed by atoms with Crippen LogP contribution in [0.5, 0.6) is 0 Å². The van der Waals surface area contributed by atoms with E-state index in [1.165, 1.54) is 13.2 Å². The van der Waals surface area contributed by atoms with E-state index >= 15 is 0 Å². The number of hydrazone groups is 1. The predicted molar refractivity (Wildman–Crippen MR) is 114 cm³/mol. The molecule has 0 bridgehead atoms. The Balaban J connectivity index is 1.71. The highest BCUT2D eigenvalue weighted by Crippen LogP contribution is 2.33. The molecule has 2 aromatic rings. The van der Waals surface area contributed by atoms with E-state index in [2.05, 4.69) is 44.0 Å². The van der Waals surface area contributed by atoms with Crippen LogP contribution in [-0.2, 0) is 24.0 Å². The second-order valence-electron chi connectivity index (χ2n) is 7.17. The summed E-state index contributed by atoms with van der Waals surface area (Å²) in [5, 5.41) is 7.93. The molecule has 2 aliphatic rings. The van der Waals surface area contributed by atoms with Crippen LogP contribution in [0.25, 0.3) is 0 Å². The molecule has 0 radical (unpaired) electrons. The van der Waals surface area contributed by atoms with Gasteiger partial charge in [-0.05, 0) is 77.5 Å². The van der Waals surface area contributed by atoms with Gasteiger partial charge in [-0.1, -0.05) is 0 Å². The number of anilines is 1. The summed E-state index contributed by atoms with van der Waals surface area (Å²) in [6, 6.07) is 6.94. The summed E-state index contributed by atoms with van der Waals surface area (Å²) in [5.74, 6) is -0.312. The largest absolute Gasteiger partial charge is 0.416 e. The first-order valence-electron chi connectivity index (χ1n) is 9.13. The molecule has 10 heteroatoms. The number of carbonyl (C=O) groups is 1. The Bertz CT molecular complexity index is 1060. The van der Waals surface area contributed by atoms with Crippen LogP contribution in [0.1, 0.15) is 32.6 Å². The van der Waals surface area contributed by atoms with Crippen molar-refractivity contribution in [3.63, 3.8) is 0 Å². The highest BCUT2D eigenvalue weighted by Gasteiger charge is 2.35. The van der Waals surface area contributed by atoms with E-state index in [1.54, 1.807) is 0 Å². The lowest BCUT2D eigenvalue weighted by atomic mass is 9.97. The molecule has 1 amide bonds. The molecule has 1 N–H and O–H groups in total. The van der Waals surface area contributed by atoms with E-state index in [-0.39, 0.29) is 11.1 Å². The van der Waals surface area contributed by atoms with E-state index in [4.69, 9.17) is 4.84 Å². The average Bonchev–Trinajstić information content (AvgIpc) is 3.46. The van der Waals surface area contributed by atoms with Crippen molar-refractivity contribution in [2.45, 2.75) is 19.1 Å². The van der Waals surface area contributed by atoms with Crippen LogP contribution in [0.2, 0.25) is 0 Å². The number of fused-ring (bicyclic) bond motifs is 1. The second kappa shape index (κ2) is 7.82. The fraction of sp³-hybridized carbons (Fsp3) is 0.300. The lowest BCUT2D eigenvalue weighted by Gasteiger charge is -2.27. The summed E-state index contributed by atoms with van der Waals surface area (Å²) in [6.45, 7) is 1.59. The fourth-order valence-corrected chi connectivity index (χ4v) is 4.24. The van der Waals surface area contributed by atoms with Crippen LogP contribution in [0.3, 0.4) is 0 Å². The van der Waals surface area contributed by atoms with Crippen molar-refractivity contribution < 1.29 is 22.8 Å². The van der Waals surface area contributed by atoms with Gasteiger partial charge in [-0.15, -0.1) is 10.3 Å². The number of rotatable bonds is 4. The summed E-state index contributed by atoms with van der Waals surface area (Å²) >= 11 is 2.17. The topological polar surface area (TPSA) is 56.9 Å². The number of halogens is 4. The van der Waals surface area contributed by atoms with E-state index < -0.39 is 17.6 Å². The number of benzene rings is 2. The molecule has 0 aliphatic carbocycles. The molecule has 30 heavy (non-hydrogen) atoms. The minimum absolute atomic E-state index is 0.108. The van der Waals surface area contributed by atoms with E-state index in [0.29, 0.717) is 11.5 Å². The minimum atomic E-state index is -4.56. The Kier molecular flexibility index (Phi) is 5.49. The quantitative estimate of drug-likeness (QED) is 0.606. The molecule has 0 spiro atoms. The van der Waals surface area contributed by atoms with E-state index in [9.17, 15) is 18.0 Å².